The zero-order chi connectivity index (χ0) is 14.8. The first kappa shape index (κ1) is 13.9. The summed E-state index contributed by atoms with van der Waals surface area (Å²) in [5.74, 6) is 0.0236. The second-order valence-corrected chi connectivity index (χ2v) is 5.88. The summed E-state index contributed by atoms with van der Waals surface area (Å²) in [6, 6.07) is 5.62. The predicted molar refractivity (Wildman–Crippen MR) is 85.6 cm³/mol. The molecule has 1 aliphatic heterocycles. The Bertz CT molecular complexity index is 655. The molecule has 21 heavy (non-hydrogen) atoms. The minimum absolute atomic E-state index is 0.0236. The molecular weight excluding hydrogens is 286 g/mol. The standard InChI is InChI=1S/C15H17N3O2S/c16-11-6-12-9(1-2-15(20)18-12)5-13(11)17-7-14(19)10-3-4-21-8-10/h3-6,8,14,17,19H,1-2,7,16H2,(H,18,20). The van der Waals surface area contributed by atoms with E-state index in [9.17, 15) is 9.90 Å². The predicted octanol–water partition coefficient (Wildman–Crippen LogP) is 2.36. The Balaban J connectivity index is 1.72. The van der Waals surface area contributed by atoms with E-state index in [0.29, 0.717) is 25.1 Å². The molecule has 0 saturated carbocycles. The van der Waals surface area contributed by atoms with Crippen LogP contribution in [0.25, 0.3) is 0 Å². The molecule has 2 aromatic rings. The number of nitrogens with one attached hydrogen (secondary N) is 2. The SMILES string of the molecule is Nc1cc2c(cc1NCC(O)c1ccsc1)CCC(=O)N2. The smallest absolute Gasteiger partial charge is 0.224 e. The van der Waals surface area contributed by atoms with Crippen molar-refractivity contribution >= 4 is 34.3 Å². The summed E-state index contributed by atoms with van der Waals surface area (Å²) < 4.78 is 0. The molecular formula is C15H17N3O2S. The van der Waals surface area contributed by atoms with Crippen LogP contribution in [-0.4, -0.2) is 17.6 Å². The Labute approximate surface area is 126 Å². The molecule has 1 aliphatic rings. The first-order valence-corrected chi connectivity index (χ1v) is 7.74. The molecule has 0 spiro atoms. The molecule has 3 rings (SSSR count). The summed E-state index contributed by atoms with van der Waals surface area (Å²) in [5.41, 5.74) is 10.1. The lowest BCUT2D eigenvalue weighted by molar-refractivity contribution is -0.116. The van der Waals surface area contributed by atoms with Gasteiger partial charge in [-0.15, -0.1) is 0 Å². The third-order valence-electron chi connectivity index (χ3n) is 3.58. The number of aliphatic hydroxyl groups is 1. The molecule has 1 aromatic heterocycles. The van der Waals surface area contributed by atoms with Gasteiger partial charge in [-0.2, -0.15) is 11.3 Å². The number of amides is 1. The van der Waals surface area contributed by atoms with Gasteiger partial charge in [-0.1, -0.05) is 0 Å². The summed E-state index contributed by atoms with van der Waals surface area (Å²) >= 11 is 1.56. The molecule has 1 amide bonds. The molecule has 2 heterocycles. The van der Waals surface area contributed by atoms with Gasteiger partial charge in [0.25, 0.3) is 0 Å². The molecule has 0 aliphatic carbocycles. The average Bonchev–Trinajstić information content (AvgIpc) is 2.99. The Kier molecular flexibility index (Phi) is 3.81. The van der Waals surface area contributed by atoms with Crippen molar-refractivity contribution in [2.24, 2.45) is 0 Å². The number of nitrogen functional groups attached to an aromatic ring is 1. The fraction of sp³-hybridized carbons (Fsp3) is 0.267. The van der Waals surface area contributed by atoms with Crippen molar-refractivity contribution < 1.29 is 9.90 Å². The van der Waals surface area contributed by atoms with Crippen molar-refractivity contribution in [3.8, 4) is 0 Å². The van der Waals surface area contributed by atoms with Gasteiger partial charge in [0.15, 0.2) is 0 Å². The molecule has 0 bridgehead atoms. The van der Waals surface area contributed by atoms with Crippen LogP contribution >= 0.6 is 11.3 Å². The molecule has 5 N–H and O–H groups in total. The van der Waals surface area contributed by atoms with E-state index in [2.05, 4.69) is 10.6 Å². The number of carbonyl (C=O) groups is 1. The van der Waals surface area contributed by atoms with Crippen LogP contribution < -0.4 is 16.4 Å². The minimum Gasteiger partial charge on any atom is -0.397 e. The molecule has 1 unspecified atom stereocenters. The highest BCUT2D eigenvalue weighted by Crippen LogP contribution is 2.31. The Morgan fingerprint density at radius 3 is 3.05 bits per heavy atom. The summed E-state index contributed by atoms with van der Waals surface area (Å²) in [6.45, 7) is 0.395. The molecule has 1 aromatic carbocycles. The van der Waals surface area contributed by atoms with E-state index >= 15 is 0 Å². The van der Waals surface area contributed by atoms with Gasteiger partial charge in [0.05, 0.1) is 17.5 Å². The Morgan fingerprint density at radius 2 is 2.29 bits per heavy atom. The van der Waals surface area contributed by atoms with Crippen molar-refractivity contribution in [2.75, 3.05) is 22.9 Å². The molecule has 110 valence electrons. The highest BCUT2D eigenvalue weighted by atomic mass is 32.1. The summed E-state index contributed by atoms with van der Waals surface area (Å²) in [4.78, 5) is 11.4. The number of thiophene rings is 1. The fourth-order valence-electron chi connectivity index (χ4n) is 2.39. The van der Waals surface area contributed by atoms with E-state index in [-0.39, 0.29) is 5.91 Å². The first-order valence-electron chi connectivity index (χ1n) is 6.80. The largest absolute Gasteiger partial charge is 0.397 e. The minimum atomic E-state index is -0.564. The van der Waals surface area contributed by atoms with Gasteiger partial charge in [0, 0.05) is 18.7 Å². The number of fused-ring (bicyclic) bond motifs is 1. The van der Waals surface area contributed by atoms with Gasteiger partial charge < -0.3 is 21.5 Å². The number of rotatable bonds is 4. The lowest BCUT2D eigenvalue weighted by Gasteiger charge is -2.20. The van der Waals surface area contributed by atoms with E-state index in [1.165, 1.54) is 0 Å². The van der Waals surface area contributed by atoms with E-state index in [4.69, 9.17) is 5.73 Å². The third-order valence-corrected chi connectivity index (χ3v) is 4.29. The van der Waals surface area contributed by atoms with Crippen LogP contribution in [0.1, 0.15) is 23.7 Å². The monoisotopic (exact) mass is 303 g/mol. The van der Waals surface area contributed by atoms with E-state index in [1.807, 2.05) is 22.9 Å². The highest BCUT2D eigenvalue weighted by molar-refractivity contribution is 7.07. The van der Waals surface area contributed by atoms with Crippen LogP contribution in [0, 0.1) is 0 Å². The van der Waals surface area contributed by atoms with E-state index in [1.54, 1.807) is 17.4 Å². The number of carbonyl (C=O) groups excluding carboxylic acids is 1. The van der Waals surface area contributed by atoms with Gasteiger partial charge in [-0.05, 0) is 46.5 Å². The van der Waals surface area contributed by atoms with E-state index < -0.39 is 6.10 Å². The molecule has 1 atom stereocenters. The maximum Gasteiger partial charge on any atom is 0.224 e. The maximum atomic E-state index is 11.4. The Morgan fingerprint density at radius 1 is 1.43 bits per heavy atom. The van der Waals surface area contributed by atoms with Crippen LogP contribution in [0.4, 0.5) is 17.1 Å². The quantitative estimate of drug-likeness (QED) is 0.653. The first-order chi connectivity index (χ1) is 10.1. The van der Waals surface area contributed by atoms with Gasteiger partial charge in [0.2, 0.25) is 5.91 Å². The maximum absolute atomic E-state index is 11.4. The summed E-state index contributed by atoms with van der Waals surface area (Å²) in [6.07, 6.45) is 0.642. The molecule has 0 fully saturated rings. The lowest BCUT2D eigenvalue weighted by Crippen LogP contribution is -2.20. The van der Waals surface area contributed by atoms with E-state index in [0.717, 1.165) is 22.5 Å². The van der Waals surface area contributed by atoms with Gasteiger partial charge in [0.1, 0.15) is 0 Å². The number of aliphatic hydroxyl groups excluding tert-OH is 1. The van der Waals surface area contributed by atoms with Crippen molar-refractivity contribution in [1.29, 1.82) is 0 Å². The number of aryl methyl sites for hydroxylation is 1. The second kappa shape index (κ2) is 5.75. The van der Waals surface area contributed by atoms with Crippen molar-refractivity contribution in [2.45, 2.75) is 18.9 Å². The number of hydrogen-bond donors (Lipinski definition) is 4. The lowest BCUT2D eigenvalue weighted by atomic mass is 10.0. The van der Waals surface area contributed by atoms with Crippen molar-refractivity contribution in [3.63, 3.8) is 0 Å². The molecule has 6 heteroatoms. The van der Waals surface area contributed by atoms with Gasteiger partial charge in [-0.3, -0.25) is 4.79 Å². The van der Waals surface area contributed by atoms with Gasteiger partial charge >= 0.3 is 0 Å². The van der Waals surface area contributed by atoms with Gasteiger partial charge in [-0.25, -0.2) is 0 Å². The summed E-state index contributed by atoms with van der Waals surface area (Å²) in [5, 5.41) is 19.9. The van der Waals surface area contributed by atoms with Crippen LogP contribution in [0.15, 0.2) is 29.0 Å². The topological polar surface area (TPSA) is 87.4 Å². The van der Waals surface area contributed by atoms with Crippen LogP contribution in [-0.2, 0) is 11.2 Å². The van der Waals surface area contributed by atoms with Crippen LogP contribution in [0.5, 0.6) is 0 Å². The van der Waals surface area contributed by atoms with Crippen molar-refractivity contribution in [3.05, 3.63) is 40.1 Å². The van der Waals surface area contributed by atoms with Crippen LogP contribution in [0.3, 0.4) is 0 Å². The third kappa shape index (κ3) is 3.01. The zero-order valence-corrected chi connectivity index (χ0v) is 12.2. The number of hydrogen-bond acceptors (Lipinski definition) is 5. The number of anilines is 3. The zero-order valence-electron chi connectivity index (χ0n) is 11.4. The number of nitrogens with two attached hydrogens (primary N) is 1. The molecule has 0 saturated heterocycles. The average molecular weight is 303 g/mol. The normalized spacial score (nSPS) is 15.2. The Hall–Kier alpha value is -2.05. The summed E-state index contributed by atoms with van der Waals surface area (Å²) in [7, 11) is 0. The second-order valence-electron chi connectivity index (χ2n) is 5.10. The molecule has 0 radical (unpaired) electrons. The highest BCUT2D eigenvalue weighted by Gasteiger charge is 2.17. The number of benzene rings is 1. The van der Waals surface area contributed by atoms with Crippen LogP contribution in [0.2, 0.25) is 0 Å². The fourth-order valence-corrected chi connectivity index (χ4v) is 3.09. The molecule has 5 nitrogen and oxygen atoms in total. The van der Waals surface area contributed by atoms with Crippen molar-refractivity contribution in [1.82, 2.24) is 0 Å².